The van der Waals surface area contributed by atoms with Gasteiger partial charge in [-0.1, -0.05) is 0 Å². The number of anilines is 2. The minimum Gasteiger partial charge on any atom is -0.383 e. The van der Waals surface area contributed by atoms with Crippen LogP contribution in [0.3, 0.4) is 0 Å². The highest BCUT2D eigenvalue weighted by molar-refractivity contribution is 5.96. The first-order chi connectivity index (χ1) is 15.5. The summed E-state index contributed by atoms with van der Waals surface area (Å²) in [4.78, 5) is 24.2. The Hall–Kier alpha value is -3.22. The zero-order valence-corrected chi connectivity index (χ0v) is 18.4. The van der Waals surface area contributed by atoms with Gasteiger partial charge in [0.05, 0.1) is 18.3 Å². The number of fused-ring (bicyclic) bond motifs is 2. The Morgan fingerprint density at radius 3 is 2.88 bits per heavy atom. The maximum atomic E-state index is 12.9. The number of carbonyl (C=O) groups excluding carboxylic acids is 1. The fraction of sp³-hybridized carbons (Fsp3) is 0.440. The molecular weight excluding hydrogens is 400 g/mol. The molecule has 4 heterocycles. The van der Waals surface area contributed by atoms with Crippen molar-refractivity contribution < 1.29 is 4.79 Å². The highest BCUT2D eigenvalue weighted by atomic mass is 16.1. The summed E-state index contributed by atoms with van der Waals surface area (Å²) in [6, 6.07) is 4.19. The average Bonchev–Trinajstić information content (AvgIpc) is 3.17. The molecule has 1 saturated carbocycles. The van der Waals surface area contributed by atoms with Crippen molar-refractivity contribution in [1.82, 2.24) is 19.7 Å². The normalized spacial score (nSPS) is 23.3. The number of rotatable bonds is 6. The standard InChI is InChI=1S/C25H28N6O/c1-15-6-24(30-11-17-7-18(17)12-30)28-9-19(15)13-31-14-20(10-29-31)23(32)8-16-2-3-22-21(16)4-5-27-25(22)26/h4-6,9-10,14,16-18H,2-3,7-8,11-13H2,1H3,(H2,26,27)/t16-,17?,18?/m0/s1. The molecule has 0 radical (unpaired) electrons. The third kappa shape index (κ3) is 3.45. The topological polar surface area (TPSA) is 89.9 Å². The van der Waals surface area contributed by atoms with E-state index in [0.29, 0.717) is 24.3 Å². The first-order valence-corrected chi connectivity index (χ1v) is 11.5. The van der Waals surface area contributed by atoms with Crippen LogP contribution in [0.2, 0.25) is 0 Å². The van der Waals surface area contributed by atoms with Crippen molar-refractivity contribution >= 4 is 17.4 Å². The summed E-state index contributed by atoms with van der Waals surface area (Å²) in [5.74, 6) is 3.81. The second kappa shape index (κ2) is 7.43. The van der Waals surface area contributed by atoms with Crippen LogP contribution in [0.15, 0.2) is 36.9 Å². The van der Waals surface area contributed by atoms with Crippen LogP contribution in [0.4, 0.5) is 11.6 Å². The maximum Gasteiger partial charge on any atom is 0.166 e. The molecule has 0 bridgehead atoms. The van der Waals surface area contributed by atoms with E-state index in [9.17, 15) is 4.79 Å². The molecule has 32 heavy (non-hydrogen) atoms. The Labute approximate surface area is 187 Å². The lowest BCUT2D eigenvalue weighted by Gasteiger charge is -2.20. The number of aryl methyl sites for hydroxylation is 1. The predicted molar refractivity (Wildman–Crippen MR) is 123 cm³/mol. The van der Waals surface area contributed by atoms with Crippen LogP contribution in [0.25, 0.3) is 0 Å². The molecular formula is C25H28N6O. The average molecular weight is 429 g/mol. The number of nitrogen functional groups attached to an aromatic ring is 1. The largest absolute Gasteiger partial charge is 0.383 e. The fourth-order valence-corrected chi connectivity index (χ4v) is 5.47. The number of piperidine rings is 1. The third-order valence-corrected chi connectivity index (χ3v) is 7.53. The van der Waals surface area contributed by atoms with Gasteiger partial charge in [-0.25, -0.2) is 9.97 Å². The number of carbonyl (C=O) groups is 1. The molecule has 7 nitrogen and oxygen atoms in total. The molecule has 2 fully saturated rings. The van der Waals surface area contributed by atoms with Crippen LogP contribution < -0.4 is 10.6 Å². The summed E-state index contributed by atoms with van der Waals surface area (Å²) in [6.45, 7) is 5.04. The predicted octanol–water partition coefficient (Wildman–Crippen LogP) is 3.37. The van der Waals surface area contributed by atoms with Crippen molar-refractivity contribution in [2.24, 2.45) is 11.8 Å². The SMILES string of the molecule is Cc1cc(N2CC3CC3C2)ncc1Cn1cc(C(=O)C[C@@H]2CCc3c2ccnc3N)cn1. The second-order valence-corrected chi connectivity index (χ2v) is 9.68. The Balaban J connectivity index is 1.12. The smallest absolute Gasteiger partial charge is 0.166 e. The van der Waals surface area contributed by atoms with Crippen LogP contribution >= 0.6 is 0 Å². The Morgan fingerprint density at radius 1 is 1.22 bits per heavy atom. The Bertz CT molecular complexity index is 1190. The van der Waals surface area contributed by atoms with E-state index >= 15 is 0 Å². The number of nitrogens with two attached hydrogens (primary N) is 1. The number of ketones is 1. The van der Waals surface area contributed by atoms with E-state index in [2.05, 4.69) is 28.0 Å². The molecule has 3 atom stereocenters. The lowest BCUT2D eigenvalue weighted by atomic mass is 9.94. The molecule has 2 aliphatic carbocycles. The summed E-state index contributed by atoms with van der Waals surface area (Å²) < 4.78 is 1.84. The van der Waals surface area contributed by atoms with Gasteiger partial charge in [0.2, 0.25) is 0 Å². The van der Waals surface area contributed by atoms with Crippen molar-refractivity contribution in [2.45, 2.75) is 45.1 Å². The molecule has 3 aromatic rings. The van der Waals surface area contributed by atoms with Crippen molar-refractivity contribution in [1.29, 1.82) is 0 Å². The third-order valence-electron chi connectivity index (χ3n) is 7.53. The molecule has 6 rings (SSSR count). The number of Topliss-reactive ketones (excluding diaryl/α,β-unsaturated/α-hetero) is 1. The molecule has 0 aromatic carbocycles. The van der Waals surface area contributed by atoms with E-state index < -0.39 is 0 Å². The lowest BCUT2D eigenvalue weighted by molar-refractivity contribution is 0.0973. The number of pyridine rings is 2. The number of nitrogens with zero attached hydrogens (tertiary/aromatic N) is 5. The molecule has 0 spiro atoms. The molecule has 164 valence electrons. The lowest BCUT2D eigenvalue weighted by Crippen LogP contribution is -2.23. The first kappa shape index (κ1) is 19.5. The zero-order chi connectivity index (χ0) is 21.8. The van der Waals surface area contributed by atoms with E-state index in [1.165, 1.54) is 17.5 Å². The summed E-state index contributed by atoms with van der Waals surface area (Å²) in [5, 5.41) is 4.45. The summed E-state index contributed by atoms with van der Waals surface area (Å²) >= 11 is 0. The monoisotopic (exact) mass is 428 g/mol. The van der Waals surface area contributed by atoms with Gasteiger partial charge in [0.1, 0.15) is 11.6 Å². The first-order valence-electron chi connectivity index (χ1n) is 11.5. The molecule has 1 saturated heterocycles. The molecule has 3 aliphatic rings. The quantitative estimate of drug-likeness (QED) is 0.606. The van der Waals surface area contributed by atoms with Gasteiger partial charge in [0.15, 0.2) is 5.78 Å². The van der Waals surface area contributed by atoms with Gasteiger partial charge < -0.3 is 10.6 Å². The summed E-state index contributed by atoms with van der Waals surface area (Å²) in [5.41, 5.74) is 11.3. The second-order valence-electron chi connectivity index (χ2n) is 9.68. The van der Waals surface area contributed by atoms with Gasteiger partial charge in [-0.2, -0.15) is 5.10 Å². The minimum atomic E-state index is 0.127. The minimum absolute atomic E-state index is 0.127. The number of hydrogen-bond acceptors (Lipinski definition) is 6. The Morgan fingerprint density at radius 2 is 2.06 bits per heavy atom. The zero-order valence-electron chi connectivity index (χ0n) is 18.4. The van der Waals surface area contributed by atoms with Crippen molar-refractivity contribution in [3.8, 4) is 0 Å². The van der Waals surface area contributed by atoms with Crippen LogP contribution in [-0.4, -0.2) is 38.6 Å². The fourth-order valence-electron chi connectivity index (χ4n) is 5.47. The molecule has 7 heteroatoms. The highest BCUT2D eigenvalue weighted by Gasteiger charge is 2.45. The van der Waals surface area contributed by atoms with Gasteiger partial charge in [-0.05, 0) is 78.3 Å². The van der Waals surface area contributed by atoms with E-state index in [4.69, 9.17) is 10.7 Å². The molecule has 3 aromatic heterocycles. The maximum absolute atomic E-state index is 12.9. The van der Waals surface area contributed by atoms with Crippen LogP contribution in [0, 0.1) is 18.8 Å². The van der Waals surface area contributed by atoms with E-state index in [0.717, 1.165) is 54.7 Å². The van der Waals surface area contributed by atoms with Gasteiger partial charge in [-0.3, -0.25) is 9.48 Å². The Kier molecular flexibility index (Phi) is 4.52. The molecule has 2 unspecified atom stereocenters. The van der Waals surface area contributed by atoms with Crippen molar-refractivity contribution in [3.05, 3.63) is 64.7 Å². The number of hydrogen-bond donors (Lipinski definition) is 1. The van der Waals surface area contributed by atoms with Crippen molar-refractivity contribution in [3.63, 3.8) is 0 Å². The van der Waals surface area contributed by atoms with Gasteiger partial charge in [-0.15, -0.1) is 0 Å². The summed E-state index contributed by atoms with van der Waals surface area (Å²) in [6.07, 6.45) is 11.0. The number of aromatic nitrogens is 4. The molecule has 1 aliphatic heterocycles. The van der Waals surface area contributed by atoms with Crippen molar-refractivity contribution in [2.75, 3.05) is 23.7 Å². The molecule has 0 amide bonds. The van der Waals surface area contributed by atoms with E-state index in [-0.39, 0.29) is 11.7 Å². The van der Waals surface area contributed by atoms with Gasteiger partial charge in [0.25, 0.3) is 0 Å². The van der Waals surface area contributed by atoms with E-state index in [1.54, 1.807) is 12.4 Å². The highest BCUT2D eigenvalue weighted by Crippen LogP contribution is 2.46. The van der Waals surface area contributed by atoms with Crippen LogP contribution in [0.5, 0.6) is 0 Å². The summed E-state index contributed by atoms with van der Waals surface area (Å²) in [7, 11) is 0. The van der Waals surface area contributed by atoms with Crippen LogP contribution in [-0.2, 0) is 13.0 Å². The van der Waals surface area contributed by atoms with Gasteiger partial charge in [0, 0.05) is 38.1 Å². The van der Waals surface area contributed by atoms with E-state index in [1.807, 2.05) is 23.1 Å². The van der Waals surface area contributed by atoms with Gasteiger partial charge >= 0.3 is 0 Å². The molecule has 2 N–H and O–H groups in total. The van der Waals surface area contributed by atoms with Crippen LogP contribution in [0.1, 0.15) is 57.8 Å².